The first kappa shape index (κ1) is 16.6. The summed E-state index contributed by atoms with van der Waals surface area (Å²) >= 11 is 0. The van der Waals surface area contributed by atoms with E-state index in [4.69, 9.17) is 15.4 Å². The first-order chi connectivity index (χ1) is 10.4. The minimum Gasteiger partial charge on any atom is -0.455 e. The summed E-state index contributed by atoms with van der Waals surface area (Å²) in [6.07, 6.45) is 2.71. The fraction of sp³-hybridized carbons (Fsp3) is 0.0769. The summed E-state index contributed by atoms with van der Waals surface area (Å²) in [6, 6.07) is 8.43. The summed E-state index contributed by atoms with van der Waals surface area (Å²) in [5.41, 5.74) is 0.0710. The first-order valence-corrected chi connectivity index (χ1v) is 9.09. The molecule has 0 spiro atoms. The van der Waals surface area contributed by atoms with Crippen LogP contribution in [0.1, 0.15) is 6.92 Å². The maximum absolute atomic E-state index is 11.6. The highest BCUT2D eigenvalue weighted by molar-refractivity contribution is 8.21. The highest BCUT2D eigenvalue weighted by Gasteiger charge is 2.19. The molecule has 116 valence electrons. The van der Waals surface area contributed by atoms with Gasteiger partial charge in [-0.3, -0.25) is 14.5 Å². The number of carbonyl (C=O) groups excluding carboxylic acids is 1. The molecule has 22 heavy (non-hydrogen) atoms. The lowest BCUT2D eigenvalue weighted by atomic mass is 10.3. The van der Waals surface area contributed by atoms with Crippen LogP contribution in [0, 0.1) is 0 Å². The molecule has 0 amide bonds. The van der Waals surface area contributed by atoms with E-state index in [1.54, 1.807) is 24.3 Å². The molecule has 2 aromatic rings. The summed E-state index contributed by atoms with van der Waals surface area (Å²) < 4.78 is 31.0. The molecular weight excluding hydrogens is 348 g/mol. The number of ether oxygens (including phenoxy) is 1. The number of benzene rings is 1. The van der Waals surface area contributed by atoms with Crippen molar-refractivity contribution >= 4 is 42.5 Å². The molecule has 2 rings (SSSR count). The zero-order chi connectivity index (χ0) is 16.2. The number of nitrogens with one attached hydrogen (secondary N) is 1. The molecular formula is C13H11ClN2O4S2. The fourth-order valence-electron chi connectivity index (χ4n) is 1.48. The largest absolute Gasteiger partial charge is 0.455 e. The van der Waals surface area contributed by atoms with Gasteiger partial charge in [0.1, 0.15) is 11.4 Å². The number of hydrogen-bond donors (Lipinski definition) is 1. The Morgan fingerprint density at radius 1 is 1.36 bits per heavy atom. The lowest BCUT2D eigenvalue weighted by molar-refractivity contribution is -0.109. The molecule has 0 bridgehead atoms. The van der Waals surface area contributed by atoms with Crippen LogP contribution in [-0.4, -0.2) is 18.5 Å². The van der Waals surface area contributed by atoms with Gasteiger partial charge in [-0.05, 0) is 39.9 Å². The Kier molecular flexibility index (Phi) is 5.28. The molecule has 0 aliphatic heterocycles. The summed E-state index contributed by atoms with van der Waals surface area (Å²) in [4.78, 5) is 15.7. The summed E-state index contributed by atoms with van der Waals surface area (Å²) in [7, 11) is 2.60. The van der Waals surface area contributed by atoms with Crippen LogP contribution in [0.2, 0.25) is 0 Å². The molecule has 0 saturated carbocycles. The number of rotatable bonds is 5. The van der Waals surface area contributed by atoms with Gasteiger partial charge in [-0.2, -0.15) is 8.42 Å². The van der Waals surface area contributed by atoms with Crippen molar-refractivity contribution in [1.82, 2.24) is 4.98 Å². The van der Waals surface area contributed by atoms with Crippen LogP contribution in [0.15, 0.2) is 47.6 Å². The van der Waals surface area contributed by atoms with E-state index in [1.807, 2.05) is 0 Å². The Hall–Kier alpha value is -1.77. The van der Waals surface area contributed by atoms with Gasteiger partial charge < -0.3 is 4.74 Å². The SMILES string of the molecule is CC(=O)S(=O)(=O)Nc1cnccc1Oc1cccc(SCl)c1. The topological polar surface area (TPSA) is 85.4 Å². The number of nitrogens with zero attached hydrogens (tertiary/aromatic N) is 1. The zero-order valence-corrected chi connectivity index (χ0v) is 13.7. The zero-order valence-electron chi connectivity index (χ0n) is 11.3. The Morgan fingerprint density at radius 2 is 2.14 bits per heavy atom. The second-order valence-corrected chi connectivity index (χ2v) is 7.00. The molecule has 0 fully saturated rings. The highest BCUT2D eigenvalue weighted by Crippen LogP contribution is 2.32. The molecule has 0 saturated heterocycles. The number of aromatic nitrogens is 1. The van der Waals surface area contributed by atoms with E-state index in [1.165, 1.54) is 18.5 Å². The van der Waals surface area contributed by atoms with E-state index in [0.29, 0.717) is 5.75 Å². The molecule has 0 aliphatic carbocycles. The molecule has 0 aliphatic rings. The van der Waals surface area contributed by atoms with Crippen LogP contribution in [0.25, 0.3) is 0 Å². The second kappa shape index (κ2) is 6.99. The Bertz CT molecular complexity index is 796. The third-order valence-corrected chi connectivity index (χ3v) is 4.74. The van der Waals surface area contributed by atoms with E-state index in [2.05, 4.69) is 9.71 Å². The predicted octanol–water partition coefficient (Wildman–Crippen LogP) is 3.41. The molecule has 1 heterocycles. The molecule has 0 unspecified atom stereocenters. The number of sulfonamides is 1. The van der Waals surface area contributed by atoms with Crippen molar-refractivity contribution in [2.24, 2.45) is 0 Å². The lowest BCUT2D eigenvalue weighted by Crippen LogP contribution is -2.20. The Balaban J connectivity index is 2.30. The highest BCUT2D eigenvalue weighted by atomic mass is 35.7. The van der Waals surface area contributed by atoms with Gasteiger partial charge >= 0.3 is 0 Å². The fourth-order valence-corrected chi connectivity index (χ4v) is 2.64. The maximum Gasteiger partial charge on any atom is 0.295 e. The van der Waals surface area contributed by atoms with Crippen molar-refractivity contribution in [1.29, 1.82) is 0 Å². The van der Waals surface area contributed by atoms with Gasteiger partial charge in [-0.15, -0.1) is 0 Å². The third-order valence-electron chi connectivity index (χ3n) is 2.53. The Labute approximate surface area is 136 Å². The van der Waals surface area contributed by atoms with Crippen molar-refractivity contribution in [2.75, 3.05) is 4.72 Å². The Morgan fingerprint density at radius 3 is 2.82 bits per heavy atom. The summed E-state index contributed by atoms with van der Waals surface area (Å²) in [6.45, 7) is 0.959. The minimum atomic E-state index is -4.11. The average molecular weight is 359 g/mol. The van der Waals surface area contributed by atoms with Gasteiger partial charge in [-0.1, -0.05) is 6.07 Å². The van der Waals surface area contributed by atoms with E-state index in [0.717, 1.165) is 22.8 Å². The average Bonchev–Trinajstić information content (AvgIpc) is 2.49. The standard InChI is InChI=1S/C13H11ClN2O4S2/c1-9(17)22(18,19)16-12-8-15-6-5-13(12)20-10-3-2-4-11(7-10)21-14/h2-8,16H,1H3. The maximum atomic E-state index is 11.6. The van der Waals surface area contributed by atoms with Gasteiger partial charge in [0.2, 0.25) is 0 Å². The van der Waals surface area contributed by atoms with E-state index < -0.39 is 15.1 Å². The number of pyridine rings is 1. The van der Waals surface area contributed by atoms with Gasteiger partial charge in [0.25, 0.3) is 15.1 Å². The van der Waals surface area contributed by atoms with Crippen molar-refractivity contribution in [2.45, 2.75) is 11.8 Å². The monoisotopic (exact) mass is 358 g/mol. The molecule has 0 atom stereocenters. The number of halogens is 1. The third kappa shape index (κ3) is 4.12. The molecule has 6 nitrogen and oxygen atoms in total. The molecule has 1 aromatic heterocycles. The van der Waals surface area contributed by atoms with Crippen LogP contribution in [0.4, 0.5) is 5.69 Å². The van der Waals surface area contributed by atoms with E-state index >= 15 is 0 Å². The van der Waals surface area contributed by atoms with E-state index in [-0.39, 0.29) is 11.4 Å². The first-order valence-electron chi connectivity index (χ1n) is 5.96. The lowest BCUT2D eigenvalue weighted by Gasteiger charge is -2.12. The van der Waals surface area contributed by atoms with Gasteiger partial charge in [0.15, 0.2) is 5.75 Å². The van der Waals surface area contributed by atoms with Crippen LogP contribution in [0.3, 0.4) is 0 Å². The number of carbonyl (C=O) groups is 1. The van der Waals surface area contributed by atoms with Crippen LogP contribution >= 0.6 is 21.7 Å². The number of hydrogen-bond acceptors (Lipinski definition) is 6. The number of anilines is 1. The second-order valence-electron chi connectivity index (χ2n) is 4.12. The molecule has 9 heteroatoms. The van der Waals surface area contributed by atoms with Crippen LogP contribution < -0.4 is 9.46 Å². The normalized spacial score (nSPS) is 11.0. The summed E-state index contributed by atoms with van der Waals surface area (Å²) in [5.74, 6) is 0.691. The minimum absolute atomic E-state index is 0.0710. The van der Waals surface area contributed by atoms with Crippen molar-refractivity contribution in [3.05, 3.63) is 42.7 Å². The van der Waals surface area contributed by atoms with Crippen molar-refractivity contribution < 1.29 is 17.9 Å². The van der Waals surface area contributed by atoms with Gasteiger partial charge in [-0.25, -0.2) is 0 Å². The summed E-state index contributed by atoms with van der Waals surface area (Å²) in [5, 5.41) is -0.997. The quantitative estimate of drug-likeness (QED) is 0.881. The van der Waals surface area contributed by atoms with Gasteiger partial charge in [0.05, 0.1) is 6.20 Å². The van der Waals surface area contributed by atoms with Crippen LogP contribution in [-0.2, 0) is 14.8 Å². The van der Waals surface area contributed by atoms with E-state index in [9.17, 15) is 13.2 Å². The molecule has 1 N–H and O–H groups in total. The van der Waals surface area contributed by atoms with Gasteiger partial charge in [0, 0.05) is 24.1 Å². The van der Waals surface area contributed by atoms with Crippen molar-refractivity contribution in [3.63, 3.8) is 0 Å². The molecule has 0 radical (unpaired) electrons. The molecule has 1 aromatic carbocycles. The van der Waals surface area contributed by atoms with Crippen molar-refractivity contribution in [3.8, 4) is 11.5 Å². The van der Waals surface area contributed by atoms with Crippen LogP contribution in [0.5, 0.6) is 11.5 Å². The predicted molar refractivity (Wildman–Crippen MR) is 85.7 cm³/mol. The smallest absolute Gasteiger partial charge is 0.295 e.